The monoisotopic (exact) mass is 450 g/mol. The summed E-state index contributed by atoms with van der Waals surface area (Å²) in [6.07, 6.45) is 3.47. The second-order valence-corrected chi connectivity index (χ2v) is 7.41. The molecule has 1 N–H and O–H groups in total. The van der Waals surface area contributed by atoms with Crippen molar-refractivity contribution in [1.29, 1.82) is 0 Å². The number of aromatic nitrogens is 3. The van der Waals surface area contributed by atoms with Crippen molar-refractivity contribution in [3.63, 3.8) is 0 Å². The van der Waals surface area contributed by atoms with Gasteiger partial charge in [-0.05, 0) is 36.4 Å². The lowest BCUT2D eigenvalue weighted by Gasteiger charge is -2.26. The molecule has 1 aliphatic rings. The molecular formula is C24H23ClN4O3. The van der Waals surface area contributed by atoms with Gasteiger partial charge in [0.1, 0.15) is 11.4 Å². The first-order chi connectivity index (χ1) is 15.2. The minimum Gasteiger partial charge on any atom is -0.497 e. The molecule has 1 saturated heterocycles. The Morgan fingerprint density at radius 3 is 2.53 bits per heavy atom. The molecule has 2 aromatic heterocycles. The van der Waals surface area contributed by atoms with E-state index in [1.807, 2.05) is 53.4 Å². The van der Waals surface area contributed by atoms with Crippen LogP contribution >= 0.6 is 12.4 Å². The van der Waals surface area contributed by atoms with E-state index in [2.05, 4.69) is 9.97 Å². The molecular weight excluding hydrogens is 428 g/mol. The number of carbonyl (C=O) groups excluding carboxylic acids is 1. The maximum Gasteiger partial charge on any atom is 0.254 e. The second-order valence-electron chi connectivity index (χ2n) is 7.41. The van der Waals surface area contributed by atoms with Gasteiger partial charge in [-0.1, -0.05) is 12.1 Å². The normalized spacial score (nSPS) is 13.6. The number of carbonyl (C=O) groups is 1. The number of benzene rings is 2. The van der Waals surface area contributed by atoms with Gasteiger partial charge >= 0.3 is 0 Å². The topological polar surface area (TPSA) is 80.3 Å². The number of morpholine rings is 1. The van der Waals surface area contributed by atoms with Gasteiger partial charge in [0.05, 0.1) is 44.1 Å². The highest BCUT2D eigenvalue weighted by atomic mass is 35.5. The molecule has 1 aliphatic heterocycles. The summed E-state index contributed by atoms with van der Waals surface area (Å²) in [7, 11) is 1.66. The molecule has 0 aliphatic carbocycles. The van der Waals surface area contributed by atoms with Crippen LogP contribution in [-0.4, -0.2) is 59.2 Å². The van der Waals surface area contributed by atoms with Crippen LogP contribution in [-0.2, 0) is 4.74 Å². The highest BCUT2D eigenvalue weighted by molar-refractivity contribution is 5.94. The molecule has 1 amide bonds. The summed E-state index contributed by atoms with van der Waals surface area (Å²) < 4.78 is 10.6. The molecule has 7 nitrogen and oxygen atoms in total. The van der Waals surface area contributed by atoms with Gasteiger partial charge in [0.25, 0.3) is 5.91 Å². The molecule has 4 aromatic rings. The molecule has 0 bridgehead atoms. The summed E-state index contributed by atoms with van der Waals surface area (Å²) in [4.78, 5) is 27.0. The maximum absolute atomic E-state index is 12.6. The highest BCUT2D eigenvalue weighted by Gasteiger charge is 2.18. The van der Waals surface area contributed by atoms with E-state index in [-0.39, 0.29) is 18.3 Å². The van der Waals surface area contributed by atoms with Crippen molar-refractivity contribution >= 4 is 29.2 Å². The molecule has 5 rings (SSSR count). The van der Waals surface area contributed by atoms with Crippen LogP contribution in [0.5, 0.6) is 5.75 Å². The summed E-state index contributed by atoms with van der Waals surface area (Å²) in [5.74, 6) is 0.841. The number of methoxy groups -OCH3 is 1. The SMILES string of the molecule is COc1ccc2[nH]c(-c3cncc(-c4ccc(C(=O)N5CCOCC5)cc4)n3)cc2c1.Cl. The smallest absolute Gasteiger partial charge is 0.254 e. The van der Waals surface area contributed by atoms with Crippen molar-refractivity contribution in [3.05, 3.63) is 66.5 Å². The van der Waals surface area contributed by atoms with Crippen LogP contribution < -0.4 is 4.74 Å². The standard InChI is InChI=1S/C24H22N4O3.ClH/c1-30-19-6-7-20-18(12-19)13-21(26-20)23-15-25-14-22(27-23)16-2-4-17(5-3-16)24(29)28-8-10-31-11-9-28;/h2-7,12-15,26H,8-11H2,1H3;1H. The number of hydrogen-bond acceptors (Lipinski definition) is 5. The Bertz CT molecular complexity index is 1230. The molecule has 164 valence electrons. The van der Waals surface area contributed by atoms with Crippen molar-refractivity contribution in [1.82, 2.24) is 19.9 Å². The lowest BCUT2D eigenvalue weighted by molar-refractivity contribution is 0.0303. The van der Waals surface area contributed by atoms with Crippen molar-refractivity contribution in [2.75, 3.05) is 33.4 Å². The lowest BCUT2D eigenvalue weighted by atomic mass is 10.1. The van der Waals surface area contributed by atoms with E-state index in [1.54, 1.807) is 19.5 Å². The summed E-state index contributed by atoms with van der Waals surface area (Å²) in [6.45, 7) is 2.44. The van der Waals surface area contributed by atoms with E-state index in [0.29, 0.717) is 31.9 Å². The Morgan fingerprint density at radius 1 is 1.03 bits per heavy atom. The van der Waals surface area contributed by atoms with Gasteiger partial charge in [-0.2, -0.15) is 0 Å². The number of nitrogens with one attached hydrogen (secondary N) is 1. The Balaban J connectivity index is 0.00000245. The number of halogens is 1. The summed E-state index contributed by atoms with van der Waals surface area (Å²) in [6, 6.07) is 15.4. The summed E-state index contributed by atoms with van der Waals surface area (Å²) >= 11 is 0. The average Bonchev–Trinajstić information content (AvgIpc) is 3.28. The molecule has 0 atom stereocenters. The van der Waals surface area contributed by atoms with Crippen LogP contribution in [0.25, 0.3) is 33.5 Å². The number of hydrogen-bond donors (Lipinski definition) is 1. The first-order valence-electron chi connectivity index (χ1n) is 10.2. The molecule has 0 saturated carbocycles. The zero-order valence-electron chi connectivity index (χ0n) is 17.6. The van der Waals surface area contributed by atoms with E-state index < -0.39 is 0 Å². The highest BCUT2D eigenvalue weighted by Crippen LogP contribution is 2.27. The Kier molecular flexibility index (Phi) is 6.39. The largest absolute Gasteiger partial charge is 0.497 e. The van der Waals surface area contributed by atoms with E-state index in [4.69, 9.17) is 14.5 Å². The van der Waals surface area contributed by atoms with Crippen LogP contribution in [0.4, 0.5) is 0 Å². The van der Waals surface area contributed by atoms with Crippen molar-refractivity contribution in [2.24, 2.45) is 0 Å². The Morgan fingerprint density at radius 2 is 1.78 bits per heavy atom. The predicted octanol–water partition coefficient (Wildman–Crippen LogP) is 4.19. The molecule has 8 heteroatoms. The zero-order valence-corrected chi connectivity index (χ0v) is 18.4. The fraction of sp³-hybridized carbons (Fsp3) is 0.208. The minimum absolute atomic E-state index is 0. The molecule has 2 aromatic carbocycles. The number of aromatic amines is 1. The third-order valence-electron chi connectivity index (χ3n) is 5.46. The average molecular weight is 451 g/mol. The van der Waals surface area contributed by atoms with Gasteiger partial charge in [0.15, 0.2) is 0 Å². The van der Waals surface area contributed by atoms with Crippen molar-refractivity contribution in [2.45, 2.75) is 0 Å². The second kappa shape index (κ2) is 9.38. The number of rotatable bonds is 4. The molecule has 1 fully saturated rings. The van der Waals surface area contributed by atoms with Crippen molar-refractivity contribution in [3.8, 4) is 28.4 Å². The van der Waals surface area contributed by atoms with Gasteiger partial charge in [-0.15, -0.1) is 12.4 Å². The van der Waals surface area contributed by atoms with Gasteiger partial charge < -0.3 is 19.4 Å². The lowest BCUT2D eigenvalue weighted by Crippen LogP contribution is -2.40. The number of nitrogens with zero attached hydrogens (tertiary/aromatic N) is 3. The molecule has 0 spiro atoms. The third kappa shape index (κ3) is 4.30. The fourth-order valence-electron chi connectivity index (χ4n) is 3.74. The number of fused-ring (bicyclic) bond motifs is 1. The van der Waals surface area contributed by atoms with Gasteiger partial charge in [-0.25, -0.2) is 4.98 Å². The van der Waals surface area contributed by atoms with Crippen LogP contribution in [0.1, 0.15) is 10.4 Å². The zero-order chi connectivity index (χ0) is 21.2. The van der Waals surface area contributed by atoms with Gasteiger partial charge in [-0.3, -0.25) is 9.78 Å². The number of H-pyrrole nitrogens is 1. The van der Waals surface area contributed by atoms with E-state index >= 15 is 0 Å². The predicted molar refractivity (Wildman–Crippen MR) is 125 cm³/mol. The molecule has 32 heavy (non-hydrogen) atoms. The summed E-state index contributed by atoms with van der Waals surface area (Å²) in [5, 5.41) is 1.05. The quantitative estimate of drug-likeness (QED) is 0.504. The van der Waals surface area contributed by atoms with Crippen LogP contribution in [0.2, 0.25) is 0 Å². The van der Waals surface area contributed by atoms with Gasteiger partial charge in [0, 0.05) is 35.1 Å². The third-order valence-corrected chi connectivity index (χ3v) is 5.46. The van der Waals surface area contributed by atoms with E-state index in [1.165, 1.54) is 0 Å². The molecule has 0 radical (unpaired) electrons. The molecule has 0 unspecified atom stereocenters. The maximum atomic E-state index is 12.6. The fourth-order valence-corrected chi connectivity index (χ4v) is 3.74. The first-order valence-corrected chi connectivity index (χ1v) is 10.2. The van der Waals surface area contributed by atoms with Gasteiger partial charge in [0.2, 0.25) is 0 Å². The Labute approximate surface area is 191 Å². The van der Waals surface area contributed by atoms with Crippen LogP contribution in [0.15, 0.2) is 60.9 Å². The number of amides is 1. The minimum atomic E-state index is 0. The van der Waals surface area contributed by atoms with E-state index in [9.17, 15) is 4.79 Å². The first kappa shape index (κ1) is 21.8. The molecule has 3 heterocycles. The van der Waals surface area contributed by atoms with E-state index in [0.717, 1.165) is 39.3 Å². The summed E-state index contributed by atoms with van der Waals surface area (Å²) in [5.41, 5.74) is 4.97. The van der Waals surface area contributed by atoms with Crippen LogP contribution in [0.3, 0.4) is 0 Å². The number of ether oxygens (including phenoxy) is 2. The van der Waals surface area contributed by atoms with Crippen LogP contribution in [0, 0.1) is 0 Å². The Hall–Kier alpha value is -3.42. The van der Waals surface area contributed by atoms with Crippen molar-refractivity contribution < 1.29 is 14.3 Å².